The smallest absolute Gasteiger partial charge is 0.172 e. The molecule has 0 N–H and O–H groups in total. The maximum absolute atomic E-state index is 9.01. The number of pyridine rings is 1. The highest BCUT2D eigenvalue weighted by Crippen LogP contribution is 2.28. The van der Waals surface area contributed by atoms with Crippen LogP contribution in [-0.2, 0) is 0 Å². The van der Waals surface area contributed by atoms with Crippen molar-refractivity contribution >= 4 is 5.65 Å². The molecule has 3 aromatic rings. The lowest BCUT2D eigenvalue weighted by atomic mass is 10.2. The molecule has 5 heteroatoms. The van der Waals surface area contributed by atoms with E-state index in [0.29, 0.717) is 23.6 Å². The van der Waals surface area contributed by atoms with Gasteiger partial charge in [0.2, 0.25) is 0 Å². The first kappa shape index (κ1) is 12.2. The van der Waals surface area contributed by atoms with Crippen LogP contribution >= 0.6 is 0 Å². The SMILES string of the molecule is CCOc1ccccc1-c1nnc2ccc(C#N)cn12. The van der Waals surface area contributed by atoms with Crippen LogP contribution in [-0.4, -0.2) is 21.2 Å². The molecular formula is C15H12N4O. The molecule has 0 atom stereocenters. The van der Waals surface area contributed by atoms with E-state index >= 15 is 0 Å². The fourth-order valence-corrected chi connectivity index (χ4v) is 2.07. The Bertz CT molecular complexity index is 801. The summed E-state index contributed by atoms with van der Waals surface area (Å²) in [6.07, 6.45) is 1.73. The highest BCUT2D eigenvalue weighted by molar-refractivity contribution is 5.67. The number of ether oxygens (including phenoxy) is 1. The van der Waals surface area contributed by atoms with E-state index in [0.717, 1.165) is 11.3 Å². The highest BCUT2D eigenvalue weighted by atomic mass is 16.5. The van der Waals surface area contributed by atoms with Crippen molar-refractivity contribution in [2.45, 2.75) is 6.92 Å². The average molecular weight is 264 g/mol. The number of nitrogens with zero attached hydrogens (tertiary/aromatic N) is 4. The summed E-state index contributed by atoms with van der Waals surface area (Å²) in [5, 5.41) is 17.3. The molecule has 2 heterocycles. The lowest BCUT2D eigenvalue weighted by Gasteiger charge is -2.08. The summed E-state index contributed by atoms with van der Waals surface area (Å²) in [4.78, 5) is 0. The van der Waals surface area contributed by atoms with Crippen molar-refractivity contribution in [2.24, 2.45) is 0 Å². The summed E-state index contributed by atoms with van der Waals surface area (Å²) in [5.41, 5.74) is 2.12. The minimum atomic E-state index is 0.562. The molecule has 0 radical (unpaired) electrons. The van der Waals surface area contributed by atoms with Gasteiger partial charge in [0.05, 0.1) is 17.7 Å². The summed E-state index contributed by atoms with van der Waals surface area (Å²) in [6, 6.07) is 13.3. The van der Waals surface area contributed by atoms with Gasteiger partial charge in [-0.15, -0.1) is 10.2 Å². The van der Waals surface area contributed by atoms with Crippen LogP contribution in [0.2, 0.25) is 0 Å². The quantitative estimate of drug-likeness (QED) is 0.729. The van der Waals surface area contributed by atoms with E-state index in [2.05, 4.69) is 16.3 Å². The van der Waals surface area contributed by atoms with E-state index < -0.39 is 0 Å². The third-order valence-corrected chi connectivity index (χ3v) is 2.96. The zero-order valence-corrected chi connectivity index (χ0v) is 10.9. The van der Waals surface area contributed by atoms with E-state index in [1.54, 1.807) is 22.7 Å². The van der Waals surface area contributed by atoms with Gasteiger partial charge in [-0.25, -0.2) is 0 Å². The number of para-hydroxylation sites is 1. The van der Waals surface area contributed by atoms with Gasteiger partial charge in [0.1, 0.15) is 11.8 Å². The number of hydrogen-bond acceptors (Lipinski definition) is 4. The van der Waals surface area contributed by atoms with Crippen molar-refractivity contribution in [3.05, 3.63) is 48.2 Å². The summed E-state index contributed by atoms with van der Waals surface area (Å²) in [6.45, 7) is 2.52. The van der Waals surface area contributed by atoms with Crippen LogP contribution in [0.25, 0.3) is 17.0 Å². The first-order valence-electron chi connectivity index (χ1n) is 6.30. The van der Waals surface area contributed by atoms with Gasteiger partial charge < -0.3 is 4.74 Å². The molecule has 3 rings (SSSR count). The van der Waals surface area contributed by atoms with Crippen LogP contribution in [0.3, 0.4) is 0 Å². The lowest BCUT2D eigenvalue weighted by Crippen LogP contribution is -1.96. The minimum Gasteiger partial charge on any atom is -0.493 e. The average Bonchev–Trinajstić information content (AvgIpc) is 2.91. The Hall–Kier alpha value is -2.87. The maximum atomic E-state index is 9.01. The molecule has 0 saturated heterocycles. The largest absolute Gasteiger partial charge is 0.493 e. The van der Waals surface area contributed by atoms with E-state index in [4.69, 9.17) is 10.00 Å². The molecule has 98 valence electrons. The van der Waals surface area contributed by atoms with Gasteiger partial charge in [-0.3, -0.25) is 4.40 Å². The van der Waals surface area contributed by atoms with Gasteiger partial charge in [-0.1, -0.05) is 12.1 Å². The van der Waals surface area contributed by atoms with Crippen LogP contribution in [0.1, 0.15) is 12.5 Å². The van der Waals surface area contributed by atoms with Crippen molar-refractivity contribution in [2.75, 3.05) is 6.61 Å². The molecule has 0 aliphatic carbocycles. The van der Waals surface area contributed by atoms with Gasteiger partial charge in [-0.05, 0) is 31.2 Å². The second-order valence-corrected chi connectivity index (χ2v) is 4.21. The molecule has 20 heavy (non-hydrogen) atoms. The third kappa shape index (κ3) is 1.97. The number of aromatic nitrogens is 3. The Morgan fingerprint density at radius 3 is 2.85 bits per heavy atom. The number of hydrogen-bond donors (Lipinski definition) is 0. The Labute approximate surface area is 116 Å². The zero-order valence-electron chi connectivity index (χ0n) is 10.9. The summed E-state index contributed by atoms with van der Waals surface area (Å²) in [5.74, 6) is 1.42. The van der Waals surface area contributed by atoms with Crippen LogP contribution in [0.15, 0.2) is 42.6 Å². The Morgan fingerprint density at radius 1 is 1.20 bits per heavy atom. The molecule has 0 saturated carbocycles. The predicted molar refractivity (Wildman–Crippen MR) is 74.3 cm³/mol. The Balaban J connectivity index is 2.22. The summed E-state index contributed by atoms with van der Waals surface area (Å²) in [7, 11) is 0. The van der Waals surface area contributed by atoms with Gasteiger partial charge in [-0.2, -0.15) is 5.26 Å². The summed E-state index contributed by atoms with van der Waals surface area (Å²) < 4.78 is 7.42. The number of rotatable bonds is 3. The van der Waals surface area contributed by atoms with Crippen LogP contribution < -0.4 is 4.74 Å². The van der Waals surface area contributed by atoms with E-state index in [9.17, 15) is 0 Å². The summed E-state index contributed by atoms with van der Waals surface area (Å²) >= 11 is 0. The van der Waals surface area contributed by atoms with Gasteiger partial charge in [0.25, 0.3) is 0 Å². The molecule has 1 aromatic carbocycles. The van der Waals surface area contributed by atoms with Crippen LogP contribution in [0.4, 0.5) is 0 Å². The molecule has 2 aromatic heterocycles. The molecule has 0 bridgehead atoms. The van der Waals surface area contributed by atoms with Gasteiger partial charge >= 0.3 is 0 Å². The number of fused-ring (bicyclic) bond motifs is 1. The standard InChI is InChI=1S/C15H12N4O/c1-2-20-13-6-4-3-5-12(13)15-18-17-14-8-7-11(9-16)10-19(14)15/h3-8,10H,2H2,1H3. The van der Waals surface area contributed by atoms with E-state index in [1.807, 2.05) is 31.2 Å². The molecule has 0 fully saturated rings. The second-order valence-electron chi connectivity index (χ2n) is 4.21. The number of nitriles is 1. The normalized spacial score (nSPS) is 10.4. The van der Waals surface area contributed by atoms with Gasteiger partial charge in [0, 0.05) is 6.20 Å². The topological polar surface area (TPSA) is 63.2 Å². The minimum absolute atomic E-state index is 0.562. The lowest BCUT2D eigenvalue weighted by molar-refractivity contribution is 0.341. The molecule has 0 amide bonds. The van der Waals surface area contributed by atoms with Crippen LogP contribution in [0, 0.1) is 11.3 Å². The Morgan fingerprint density at radius 2 is 2.05 bits per heavy atom. The molecular weight excluding hydrogens is 252 g/mol. The van der Waals surface area contributed by atoms with Crippen molar-refractivity contribution < 1.29 is 4.74 Å². The zero-order chi connectivity index (χ0) is 13.9. The first-order chi connectivity index (χ1) is 9.83. The monoisotopic (exact) mass is 264 g/mol. The van der Waals surface area contributed by atoms with Gasteiger partial charge in [0.15, 0.2) is 11.5 Å². The Kier molecular flexibility index (Phi) is 3.05. The molecule has 0 aliphatic heterocycles. The predicted octanol–water partition coefficient (Wildman–Crippen LogP) is 2.67. The highest BCUT2D eigenvalue weighted by Gasteiger charge is 2.13. The number of benzene rings is 1. The fraction of sp³-hybridized carbons (Fsp3) is 0.133. The molecule has 5 nitrogen and oxygen atoms in total. The first-order valence-corrected chi connectivity index (χ1v) is 6.30. The second kappa shape index (κ2) is 5.02. The maximum Gasteiger partial charge on any atom is 0.172 e. The van der Waals surface area contributed by atoms with Crippen molar-refractivity contribution in [3.8, 4) is 23.2 Å². The van der Waals surface area contributed by atoms with Crippen molar-refractivity contribution in [3.63, 3.8) is 0 Å². The molecule has 0 aliphatic rings. The third-order valence-electron chi connectivity index (χ3n) is 2.96. The van der Waals surface area contributed by atoms with Crippen molar-refractivity contribution in [1.29, 1.82) is 5.26 Å². The van der Waals surface area contributed by atoms with E-state index in [1.165, 1.54) is 0 Å². The molecule has 0 spiro atoms. The van der Waals surface area contributed by atoms with Crippen LogP contribution in [0.5, 0.6) is 5.75 Å². The van der Waals surface area contributed by atoms with E-state index in [-0.39, 0.29) is 0 Å². The molecule has 0 unspecified atom stereocenters. The fourth-order valence-electron chi connectivity index (χ4n) is 2.07. The van der Waals surface area contributed by atoms with Crippen molar-refractivity contribution in [1.82, 2.24) is 14.6 Å².